The fraction of sp³-hybridized carbons (Fsp3) is 0.290. The number of carboxylic acid groups (broad SMARTS) is 2. The normalized spacial score (nSPS) is 15.1. The standard InChI is InChI=1S/C31H34N4O7/c1-35-16-15-21-18-23(33-31(41)32-22-8-11-24(42-2)12-9-22)10-13-25(21)28(35)29(38)34-26(30(39)40)17-20-5-3-19(4-6-20)7-14-27(36)37/h3-6,8-13,18,26,28H,7,14-17H2,1-2H3,(H,34,38)(H,36,37)(H,39,40)(H2,32,33,41). The van der Waals surface area contributed by atoms with Crippen LogP contribution >= 0.6 is 0 Å². The number of rotatable bonds is 11. The van der Waals surface area contributed by atoms with Crippen LogP contribution in [0.5, 0.6) is 5.75 Å². The predicted octanol–water partition coefficient (Wildman–Crippen LogP) is 3.70. The third-order valence-corrected chi connectivity index (χ3v) is 7.17. The topological polar surface area (TPSA) is 157 Å². The number of likely N-dealkylation sites (N-methyl/N-ethyl adjacent to an activating group) is 1. The van der Waals surface area contributed by atoms with Crippen LogP contribution in [-0.4, -0.2) is 65.7 Å². The number of carboxylic acids is 2. The number of urea groups is 1. The highest BCUT2D eigenvalue weighted by Gasteiger charge is 2.33. The van der Waals surface area contributed by atoms with Crippen molar-refractivity contribution in [2.24, 2.45) is 0 Å². The number of fused-ring (bicyclic) bond motifs is 1. The predicted molar refractivity (Wildman–Crippen MR) is 157 cm³/mol. The summed E-state index contributed by atoms with van der Waals surface area (Å²) in [5.74, 6) is -1.79. The lowest BCUT2D eigenvalue weighted by molar-refractivity contribution is -0.142. The van der Waals surface area contributed by atoms with Crippen LogP contribution in [0.15, 0.2) is 66.7 Å². The molecular formula is C31H34N4O7. The van der Waals surface area contributed by atoms with E-state index in [9.17, 15) is 24.3 Å². The molecule has 0 fully saturated rings. The average molecular weight is 575 g/mol. The first-order valence-electron chi connectivity index (χ1n) is 13.5. The Morgan fingerprint density at radius 1 is 0.929 bits per heavy atom. The second-order valence-electron chi connectivity index (χ2n) is 10.2. The molecule has 0 spiro atoms. The summed E-state index contributed by atoms with van der Waals surface area (Å²) >= 11 is 0. The van der Waals surface area contributed by atoms with Crippen molar-refractivity contribution < 1.29 is 34.1 Å². The number of carbonyl (C=O) groups is 4. The van der Waals surface area contributed by atoms with Gasteiger partial charge in [-0.2, -0.15) is 0 Å². The Morgan fingerprint density at radius 2 is 1.57 bits per heavy atom. The lowest BCUT2D eigenvalue weighted by Gasteiger charge is -2.34. The van der Waals surface area contributed by atoms with Crippen molar-refractivity contribution in [1.29, 1.82) is 0 Å². The number of nitrogens with zero attached hydrogens (tertiary/aromatic N) is 1. The number of hydrogen-bond donors (Lipinski definition) is 5. The van der Waals surface area contributed by atoms with Crippen LogP contribution in [0, 0.1) is 0 Å². The highest BCUT2D eigenvalue weighted by Crippen LogP contribution is 2.31. The first-order chi connectivity index (χ1) is 20.1. The molecule has 220 valence electrons. The summed E-state index contributed by atoms with van der Waals surface area (Å²) in [6.45, 7) is 0.572. The molecule has 2 atom stereocenters. The van der Waals surface area contributed by atoms with E-state index in [1.54, 1.807) is 67.8 Å². The van der Waals surface area contributed by atoms with Crippen molar-refractivity contribution in [3.63, 3.8) is 0 Å². The largest absolute Gasteiger partial charge is 0.497 e. The van der Waals surface area contributed by atoms with Crippen LogP contribution in [0.3, 0.4) is 0 Å². The molecule has 5 N–H and O–H groups in total. The maximum Gasteiger partial charge on any atom is 0.326 e. The van der Waals surface area contributed by atoms with Gasteiger partial charge in [-0.05, 0) is 78.5 Å². The molecular weight excluding hydrogens is 540 g/mol. The van der Waals surface area contributed by atoms with Gasteiger partial charge in [0.1, 0.15) is 17.8 Å². The average Bonchev–Trinajstić information content (AvgIpc) is 2.96. The van der Waals surface area contributed by atoms with Crippen LogP contribution in [0.1, 0.15) is 34.7 Å². The Labute approximate surface area is 243 Å². The van der Waals surface area contributed by atoms with E-state index in [4.69, 9.17) is 9.84 Å². The van der Waals surface area contributed by atoms with E-state index in [1.807, 2.05) is 18.0 Å². The van der Waals surface area contributed by atoms with Gasteiger partial charge in [-0.25, -0.2) is 9.59 Å². The number of aryl methyl sites for hydroxylation is 1. The number of methoxy groups -OCH3 is 1. The van der Waals surface area contributed by atoms with Gasteiger partial charge in [0.15, 0.2) is 0 Å². The highest BCUT2D eigenvalue weighted by molar-refractivity contribution is 6.00. The number of ether oxygens (including phenoxy) is 1. The number of hydrogen-bond acceptors (Lipinski definition) is 6. The lowest BCUT2D eigenvalue weighted by Crippen LogP contribution is -2.49. The zero-order valence-corrected chi connectivity index (χ0v) is 23.4. The van der Waals surface area contributed by atoms with Crippen molar-refractivity contribution >= 4 is 35.3 Å². The van der Waals surface area contributed by atoms with Gasteiger partial charge in [0, 0.05) is 30.8 Å². The second kappa shape index (κ2) is 13.6. The molecule has 1 aliphatic heterocycles. The van der Waals surface area contributed by atoms with Gasteiger partial charge in [-0.3, -0.25) is 14.5 Å². The second-order valence-corrected chi connectivity index (χ2v) is 10.2. The van der Waals surface area contributed by atoms with Crippen molar-refractivity contribution in [3.05, 3.63) is 89.0 Å². The Balaban J connectivity index is 1.41. The minimum atomic E-state index is -1.15. The zero-order valence-electron chi connectivity index (χ0n) is 23.4. The number of anilines is 2. The van der Waals surface area contributed by atoms with Crippen molar-refractivity contribution in [1.82, 2.24) is 10.2 Å². The number of aliphatic carboxylic acids is 2. The Hall–Kier alpha value is -4.90. The van der Waals surface area contributed by atoms with E-state index in [0.29, 0.717) is 42.1 Å². The Bertz CT molecular complexity index is 1440. The summed E-state index contributed by atoms with van der Waals surface area (Å²) in [7, 11) is 3.38. The summed E-state index contributed by atoms with van der Waals surface area (Å²) in [4.78, 5) is 50.7. The minimum absolute atomic E-state index is 0.0119. The maximum atomic E-state index is 13.4. The molecule has 0 aliphatic carbocycles. The Kier molecular flexibility index (Phi) is 9.77. The molecule has 11 nitrogen and oxygen atoms in total. The summed E-state index contributed by atoms with van der Waals surface area (Å²) < 4.78 is 5.13. The van der Waals surface area contributed by atoms with E-state index in [0.717, 1.165) is 16.7 Å². The summed E-state index contributed by atoms with van der Waals surface area (Å²) in [5, 5.41) is 27.0. The van der Waals surface area contributed by atoms with Crippen molar-refractivity contribution in [2.75, 3.05) is 31.3 Å². The molecule has 1 aliphatic rings. The molecule has 42 heavy (non-hydrogen) atoms. The lowest BCUT2D eigenvalue weighted by atomic mass is 9.91. The summed E-state index contributed by atoms with van der Waals surface area (Å²) in [6, 6.07) is 17.0. The monoisotopic (exact) mass is 574 g/mol. The SMILES string of the molecule is COc1ccc(NC(=O)Nc2ccc3c(c2)CCN(C)C3C(=O)NC(Cc2ccc(CCC(=O)O)cc2)C(=O)O)cc1. The smallest absolute Gasteiger partial charge is 0.326 e. The molecule has 0 bridgehead atoms. The number of nitrogens with one attached hydrogen (secondary N) is 3. The fourth-order valence-corrected chi connectivity index (χ4v) is 4.92. The van der Waals surface area contributed by atoms with Gasteiger partial charge >= 0.3 is 18.0 Å². The van der Waals surface area contributed by atoms with E-state index < -0.39 is 36.0 Å². The summed E-state index contributed by atoms with van der Waals surface area (Å²) in [6.07, 6.45) is 1.13. The van der Waals surface area contributed by atoms with Gasteiger partial charge in [0.25, 0.3) is 0 Å². The van der Waals surface area contributed by atoms with Gasteiger partial charge in [-0.15, -0.1) is 0 Å². The molecule has 3 aromatic carbocycles. The zero-order chi connectivity index (χ0) is 30.2. The molecule has 2 unspecified atom stereocenters. The number of amides is 3. The first-order valence-corrected chi connectivity index (χ1v) is 13.5. The first kappa shape index (κ1) is 30.1. The molecule has 11 heteroatoms. The van der Waals surface area contributed by atoms with Gasteiger partial charge < -0.3 is 30.9 Å². The van der Waals surface area contributed by atoms with Crippen LogP contribution in [0.25, 0.3) is 0 Å². The van der Waals surface area contributed by atoms with Crippen LogP contribution in [0.2, 0.25) is 0 Å². The van der Waals surface area contributed by atoms with Crippen molar-refractivity contribution in [2.45, 2.75) is 37.8 Å². The fourth-order valence-electron chi connectivity index (χ4n) is 4.92. The number of benzene rings is 3. The summed E-state index contributed by atoms with van der Waals surface area (Å²) in [5.41, 5.74) is 4.35. The molecule has 0 saturated heterocycles. The molecule has 3 aromatic rings. The van der Waals surface area contributed by atoms with E-state index in [2.05, 4.69) is 16.0 Å². The number of carbonyl (C=O) groups excluding carboxylic acids is 2. The molecule has 1 heterocycles. The highest BCUT2D eigenvalue weighted by atomic mass is 16.5. The molecule has 3 amide bonds. The van der Waals surface area contributed by atoms with Crippen LogP contribution in [-0.2, 0) is 33.6 Å². The van der Waals surface area contributed by atoms with E-state index >= 15 is 0 Å². The van der Waals surface area contributed by atoms with Gasteiger partial charge in [0.2, 0.25) is 5.91 Å². The third-order valence-electron chi connectivity index (χ3n) is 7.17. The van der Waals surface area contributed by atoms with E-state index in [1.165, 1.54) is 0 Å². The van der Waals surface area contributed by atoms with E-state index in [-0.39, 0.29) is 12.8 Å². The molecule has 0 radical (unpaired) electrons. The maximum absolute atomic E-state index is 13.4. The van der Waals surface area contributed by atoms with Gasteiger partial charge in [0.05, 0.1) is 7.11 Å². The molecule has 4 rings (SSSR count). The van der Waals surface area contributed by atoms with Crippen molar-refractivity contribution in [3.8, 4) is 5.75 Å². The minimum Gasteiger partial charge on any atom is -0.497 e. The molecule has 0 aromatic heterocycles. The van der Waals surface area contributed by atoms with Gasteiger partial charge in [-0.1, -0.05) is 30.3 Å². The van der Waals surface area contributed by atoms with Crippen LogP contribution < -0.4 is 20.7 Å². The molecule has 0 saturated carbocycles. The quantitative estimate of drug-likeness (QED) is 0.232. The third kappa shape index (κ3) is 7.85. The Morgan fingerprint density at radius 3 is 2.21 bits per heavy atom. The van der Waals surface area contributed by atoms with Crippen LogP contribution in [0.4, 0.5) is 16.2 Å².